The van der Waals surface area contributed by atoms with Crippen molar-refractivity contribution in [3.05, 3.63) is 192 Å². The van der Waals surface area contributed by atoms with Crippen LogP contribution in [0.15, 0.2) is 170 Å². The number of aromatic nitrogens is 1. The maximum atomic E-state index is 2.47. The maximum absolute atomic E-state index is 2.47. The molecular weight excluding hydrogens is 567 g/mol. The molecule has 8 aromatic carbocycles. The van der Waals surface area contributed by atoms with Gasteiger partial charge in [-0.05, 0) is 78.9 Å². The molecule has 47 heavy (non-hydrogen) atoms. The molecule has 10 rings (SSSR count). The Bertz CT molecular complexity index is 2640. The Morgan fingerprint density at radius 2 is 0.936 bits per heavy atom. The highest BCUT2D eigenvalue weighted by Crippen LogP contribution is 2.56. The van der Waals surface area contributed by atoms with Gasteiger partial charge in [-0.3, -0.25) is 0 Å². The van der Waals surface area contributed by atoms with E-state index in [0.29, 0.717) is 0 Å². The van der Waals surface area contributed by atoms with Crippen molar-refractivity contribution < 1.29 is 0 Å². The van der Waals surface area contributed by atoms with E-state index >= 15 is 0 Å². The molecular formula is C46H31N. The molecule has 0 amide bonds. The Balaban J connectivity index is 1.27. The van der Waals surface area contributed by atoms with Gasteiger partial charge < -0.3 is 4.57 Å². The van der Waals surface area contributed by atoms with Gasteiger partial charge in [0.2, 0.25) is 0 Å². The standard InChI is InChI=1S/C46H31N/c1-47-43-27-25-30(28-40(43)44-38-21-10-8-18-34(38)35-19-9-11-22-39(35)45(44)47)31-24-26-37-36-20-12-13-23-41(36)46(42(37)29-31,32-14-4-2-5-15-32)33-16-6-3-7-17-33/h2-29H,1H3. The molecule has 220 valence electrons. The molecule has 0 N–H and O–H groups in total. The minimum atomic E-state index is -0.414. The highest BCUT2D eigenvalue weighted by atomic mass is 14.9. The maximum Gasteiger partial charge on any atom is 0.0713 e. The van der Waals surface area contributed by atoms with Gasteiger partial charge in [0.25, 0.3) is 0 Å². The van der Waals surface area contributed by atoms with Crippen molar-refractivity contribution in [3.63, 3.8) is 0 Å². The van der Waals surface area contributed by atoms with Crippen molar-refractivity contribution in [2.75, 3.05) is 0 Å². The molecule has 1 aromatic heterocycles. The van der Waals surface area contributed by atoms with Crippen LogP contribution in [0.3, 0.4) is 0 Å². The zero-order chi connectivity index (χ0) is 31.1. The first-order valence-corrected chi connectivity index (χ1v) is 16.4. The molecule has 0 unspecified atom stereocenters. The third-order valence-corrected chi connectivity index (χ3v) is 10.7. The van der Waals surface area contributed by atoms with Gasteiger partial charge in [0.05, 0.1) is 10.9 Å². The second-order valence-corrected chi connectivity index (χ2v) is 12.9. The van der Waals surface area contributed by atoms with Crippen molar-refractivity contribution in [3.8, 4) is 22.3 Å². The molecule has 0 bridgehead atoms. The van der Waals surface area contributed by atoms with Crippen molar-refractivity contribution in [1.29, 1.82) is 0 Å². The molecule has 0 atom stereocenters. The smallest absolute Gasteiger partial charge is 0.0713 e. The number of benzene rings is 8. The van der Waals surface area contributed by atoms with E-state index < -0.39 is 5.41 Å². The summed E-state index contributed by atoms with van der Waals surface area (Å²) in [6.45, 7) is 0. The van der Waals surface area contributed by atoms with Crippen LogP contribution in [0.25, 0.3) is 65.6 Å². The van der Waals surface area contributed by atoms with Gasteiger partial charge in [-0.1, -0.05) is 152 Å². The average molecular weight is 598 g/mol. The molecule has 1 aliphatic rings. The Labute approximate surface area is 274 Å². The molecule has 0 spiro atoms. The fraction of sp³-hybridized carbons (Fsp3) is 0.0435. The number of hydrogen-bond donors (Lipinski definition) is 0. The number of rotatable bonds is 3. The first-order chi connectivity index (χ1) is 23.2. The van der Waals surface area contributed by atoms with Crippen LogP contribution in [0.5, 0.6) is 0 Å². The molecule has 9 aromatic rings. The van der Waals surface area contributed by atoms with Crippen LogP contribution in [0.2, 0.25) is 0 Å². The summed E-state index contributed by atoms with van der Waals surface area (Å²) < 4.78 is 2.39. The van der Waals surface area contributed by atoms with Crippen molar-refractivity contribution in [2.24, 2.45) is 7.05 Å². The lowest BCUT2D eigenvalue weighted by Crippen LogP contribution is -2.28. The summed E-state index contributed by atoms with van der Waals surface area (Å²) in [5.41, 5.74) is 12.5. The lowest BCUT2D eigenvalue weighted by molar-refractivity contribution is 0.769. The van der Waals surface area contributed by atoms with E-state index in [1.54, 1.807) is 0 Å². The van der Waals surface area contributed by atoms with Crippen LogP contribution < -0.4 is 0 Å². The fourth-order valence-corrected chi connectivity index (χ4v) is 8.70. The molecule has 0 aliphatic heterocycles. The van der Waals surface area contributed by atoms with Crippen LogP contribution in [-0.2, 0) is 12.5 Å². The summed E-state index contributed by atoms with van der Waals surface area (Å²) in [5.74, 6) is 0. The van der Waals surface area contributed by atoms with E-state index in [1.807, 2.05) is 0 Å². The predicted octanol–water partition coefficient (Wildman–Crippen LogP) is 11.7. The first-order valence-electron chi connectivity index (χ1n) is 16.4. The topological polar surface area (TPSA) is 4.93 Å². The Kier molecular flexibility index (Phi) is 5.48. The Morgan fingerprint density at radius 1 is 0.404 bits per heavy atom. The molecule has 1 nitrogen and oxygen atoms in total. The SMILES string of the molecule is Cn1c2ccc(-c3ccc4c(c3)C(c3ccccc3)(c3ccccc3)c3ccccc3-4)cc2c2c3ccccc3c3ccccc3c21. The van der Waals surface area contributed by atoms with E-state index in [2.05, 4.69) is 181 Å². The van der Waals surface area contributed by atoms with E-state index in [0.717, 1.165) is 0 Å². The van der Waals surface area contributed by atoms with Crippen molar-refractivity contribution >= 4 is 43.4 Å². The minimum absolute atomic E-state index is 0.414. The molecule has 1 aliphatic carbocycles. The number of fused-ring (bicyclic) bond motifs is 11. The van der Waals surface area contributed by atoms with Crippen molar-refractivity contribution in [1.82, 2.24) is 4.57 Å². The second kappa shape index (κ2) is 9.79. The van der Waals surface area contributed by atoms with Gasteiger partial charge in [0, 0.05) is 28.7 Å². The van der Waals surface area contributed by atoms with E-state index in [-0.39, 0.29) is 0 Å². The van der Waals surface area contributed by atoms with Gasteiger partial charge in [-0.2, -0.15) is 0 Å². The zero-order valence-electron chi connectivity index (χ0n) is 26.1. The van der Waals surface area contributed by atoms with Crippen LogP contribution in [-0.4, -0.2) is 4.57 Å². The van der Waals surface area contributed by atoms with Gasteiger partial charge in [0.1, 0.15) is 0 Å². The number of hydrogen-bond acceptors (Lipinski definition) is 0. The first kappa shape index (κ1) is 26.3. The summed E-state index contributed by atoms with van der Waals surface area (Å²) in [6.07, 6.45) is 0. The van der Waals surface area contributed by atoms with E-state index in [4.69, 9.17) is 0 Å². The molecule has 1 heteroatoms. The van der Waals surface area contributed by atoms with Gasteiger partial charge in [0.15, 0.2) is 0 Å². The lowest BCUT2D eigenvalue weighted by Gasteiger charge is -2.34. The zero-order valence-corrected chi connectivity index (χ0v) is 26.1. The third kappa shape index (κ3) is 3.49. The molecule has 0 radical (unpaired) electrons. The monoisotopic (exact) mass is 597 g/mol. The second-order valence-electron chi connectivity index (χ2n) is 12.9. The predicted molar refractivity (Wildman–Crippen MR) is 198 cm³/mol. The van der Waals surface area contributed by atoms with Gasteiger partial charge in [-0.25, -0.2) is 0 Å². The highest BCUT2D eigenvalue weighted by Gasteiger charge is 2.46. The molecule has 0 saturated carbocycles. The third-order valence-electron chi connectivity index (χ3n) is 10.7. The number of aryl methyl sites for hydroxylation is 1. The van der Waals surface area contributed by atoms with Gasteiger partial charge >= 0.3 is 0 Å². The summed E-state index contributed by atoms with van der Waals surface area (Å²) in [4.78, 5) is 0. The lowest BCUT2D eigenvalue weighted by atomic mass is 9.67. The highest BCUT2D eigenvalue weighted by molar-refractivity contribution is 6.31. The Morgan fingerprint density at radius 3 is 1.66 bits per heavy atom. The fourth-order valence-electron chi connectivity index (χ4n) is 8.70. The van der Waals surface area contributed by atoms with Crippen LogP contribution in [0.1, 0.15) is 22.3 Å². The normalized spacial score (nSPS) is 13.4. The molecule has 0 saturated heterocycles. The average Bonchev–Trinajstić information content (AvgIpc) is 3.61. The Hall–Kier alpha value is -5.92. The minimum Gasteiger partial charge on any atom is -0.343 e. The summed E-state index contributed by atoms with van der Waals surface area (Å²) in [6, 6.07) is 63.0. The van der Waals surface area contributed by atoms with E-state index in [1.165, 1.54) is 87.9 Å². The van der Waals surface area contributed by atoms with Crippen LogP contribution in [0, 0.1) is 0 Å². The summed E-state index contributed by atoms with van der Waals surface area (Å²) in [5, 5.41) is 7.84. The van der Waals surface area contributed by atoms with Gasteiger partial charge in [-0.15, -0.1) is 0 Å². The van der Waals surface area contributed by atoms with Crippen molar-refractivity contribution in [2.45, 2.75) is 5.41 Å². The van der Waals surface area contributed by atoms with Crippen LogP contribution >= 0.6 is 0 Å². The van der Waals surface area contributed by atoms with Crippen LogP contribution in [0.4, 0.5) is 0 Å². The number of nitrogens with zero attached hydrogens (tertiary/aromatic N) is 1. The summed E-state index contributed by atoms with van der Waals surface area (Å²) >= 11 is 0. The molecule has 1 heterocycles. The largest absolute Gasteiger partial charge is 0.343 e. The summed E-state index contributed by atoms with van der Waals surface area (Å²) in [7, 11) is 2.21. The quantitative estimate of drug-likeness (QED) is 0.179. The molecule has 0 fully saturated rings. The van der Waals surface area contributed by atoms with E-state index in [9.17, 15) is 0 Å².